The zero-order valence-corrected chi connectivity index (χ0v) is 20.4. The predicted octanol–water partition coefficient (Wildman–Crippen LogP) is 5.33. The van der Waals surface area contributed by atoms with Gasteiger partial charge < -0.3 is 15.6 Å². The highest BCUT2D eigenvalue weighted by atomic mass is 35.5. The van der Waals surface area contributed by atoms with Crippen LogP contribution in [0.2, 0.25) is 5.02 Å². The Labute approximate surface area is 214 Å². The quantitative estimate of drug-likeness (QED) is 0.271. The molecule has 3 aromatic rings. The number of hydrogen-bond donors (Lipinski definition) is 2. The van der Waals surface area contributed by atoms with Gasteiger partial charge in [0.1, 0.15) is 17.6 Å². The lowest BCUT2D eigenvalue weighted by Gasteiger charge is -2.36. The largest absolute Gasteiger partial charge is 0.400 e. The summed E-state index contributed by atoms with van der Waals surface area (Å²) in [7, 11) is 1.41. The number of carbonyl (C=O) groups excluding carboxylic acids is 1. The molecular weight excluding hydrogens is 510 g/mol. The van der Waals surface area contributed by atoms with Crippen LogP contribution < -0.4 is 5.73 Å². The summed E-state index contributed by atoms with van der Waals surface area (Å²) in [6.07, 6.45) is 1.65. The summed E-state index contributed by atoms with van der Waals surface area (Å²) in [5, 5.41) is 9.05. The third-order valence-corrected chi connectivity index (χ3v) is 6.69. The van der Waals surface area contributed by atoms with Gasteiger partial charge in [0.05, 0.1) is 22.3 Å². The number of rotatable bonds is 4. The molecule has 37 heavy (non-hydrogen) atoms. The molecule has 190 valence electrons. The van der Waals surface area contributed by atoms with Crippen molar-refractivity contribution in [1.82, 2.24) is 9.88 Å². The Bertz CT molecular complexity index is 1500. The van der Waals surface area contributed by atoms with Crippen LogP contribution in [0.4, 0.5) is 17.6 Å². The molecule has 0 spiro atoms. The Balaban J connectivity index is 1.69. The van der Waals surface area contributed by atoms with Crippen LogP contribution in [-0.2, 0) is 0 Å². The van der Waals surface area contributed by atoms with E-state index in [0.717, 1.165) is 18.2 Å². The molecule has 0 saturated carbocycles. The number of H-pyrrole nitrogens is 1. The second-order valence-corrected chi connectivity index (χ2v) is 8.79. The topological polar surface area (TPSA) is 98.3 Å². The van der Waals surface area contributed by atoms with Crippen molar-refractivity contribution >= 4 is 23.2 Å². The molecule has 11 heteroatoms. The summed E-state index contributed by atoms with van der Waals surface area (Å²) in [5.74, 6) is -5.60. The van der Waals surface area contributed by atoms with Gasteiger partial charge in [-0.25, -0.2) is 17.6 Å². The second-order valence-electron chi connectivity index (χ2n) is 8.41. The van der Waals surface area contributed by atoms with Gasteiger partial charge in [-0.3, -0.25) is 9.79 Å². The lowest BCUT2D eigenvalue weighted by molar-refractivity contribution is 0.0706. The molecule has 0 aliphatic carbocycles. The summed E-state index contributed by atoms with van der Waals surface area (Å²) in [4.78, 5) is 21.7. The predicted molar refractivity (Wildman–Crippen MR) is 131 cm³/mol. The normalized spacial score (nSPS) is 16.2. The van der Waals surface area contributed by atoms with E-state index in [9.17, 15) is 22.4 Å². The Kier molecular flexibility index (Phi) is 7.09. The number of hydrogen-bond acceptors (Lipinski definition) is 4. The number of carbonyl (C=O) groups is 1. The minimum Gasteiger partial charge on any atom is -0.400 e. The maximum Gasteiger partial charge on any atom is 0.256 e. The second kappa shape index (κ2) is 10.1. The number of benzene rings is 2. The molecular formula is C26H20ClF4N5O. The Morgan fingerprint density at radius 2 is 1.86 bits per heavy atom. The first-order valence-corrected chi connectivity index (χ1v) is 11.4. The van der Waals surface area contributed by atoms with Crippen molar-refractivity contribution < 1.29 is 22.4 Å². The average Bonchev–Trinajstić information content (AvgIpc) is 3.35. The van der Waals surface area contributed by atoms with Gasteiger partial charge in [-0.15, -0.1) is 0 Å². The number of nitrogens with two attached hydrogens (primary N) is 1. The summed E-state index contributed by atoms with van der Waals surface area (Å²) in [5.41, 5.74) is 8.01. The van der Waals surface area contributed by atoms with Gasteiger partial charge in [0, 0.05) is 47.7 Å². The van der Waals surface area contributed by atoms with E-state index in [1.807, 2.05) is 6.07 Å². The van der Waals surface area contributed by atoms with Crippen molar-refractivity contribution in [1.29, 1.82) is 5.26 Å². The fourth-order valence-electron chi connectivity index (χ4n) is 4.38. The molecule has 0 saturated heterocycles. The first kappa shape index (κ1) is 26.0. The molecule has 1 atom stereocenters. The highest BCUT2D eigenvalue weighted by Crippen LogP contribution is 2.35. The molecule has 0 bridgehead atoms. The van der Waals surface area contributed by atoms with Crippen LogP contribution in [0.3, 0.4) is 0 Å². The van der Waals surface area contributed by atoms with E-state index in [2.05, 4.69) is 9.98 Å². The van der Waals surface area contributed by atoms with Crippen LogP contribution in [-0.4, -0.2) is 41.1 Å². The third kappa shape index (κ3) is 4.70. The lowest BCUT2D eigenvalue weighted by atomic mass is 9.91. The molecule has 1 amide bonds. The van der Waals surface area contributed by atoms with Crippen LogP contribution in [0.1, 0.15) is 35.0 Å². The first-order chi connectivity index (χ1) is 17.6. The van der Waals surface area contributed by atoms with E-state index >= 15 is 0 Å². The van der Waals surface area contributed by atoms with Crippen molar-refractivity contribution in [3.05, 3.63) is 92.9 Å². The standard InChI is InChI=1S/C26H20ClF4N5O/c1-12-24(33)17(25(34-2)13-6-20(29)23(31)21(30)7-13)3-4-36(12)26(37)19-9-15(28)8-18(22(19)27)14-5-16(10-32)35-11-14/h5-9,11-12,35H,3-4,33H2,1-2H3/t12-/m1/s1. The fraction of sp³-hybridized carbons (Fsp3) is 0.192. The highest BCUT2D eigenvalue weighted by molar-refractivity contribution is 6.36. The Hall–Kier alpha value is -4.10. The maximum absolute atomic E-state index is 14.5. The van der Waals surface area contributed by atoms with Gasteiger partial charge in [-0.1, -0.05) is 11.6 Å². The number of nitrogens with one attached hydrogen (secondary N) is 1. The van der Waals surface area contributed by atoms with Crippen LogP contribution in [0.15, 0.2) is 52.8 Å². The smallest absolute Gasteiger partial charge is 0.256 e. The molecule has 1 aliphatic rings. The van der Waals surface area contributed by atoms with Gasteiger partial charge in [0.25, 0.3) is 5.91 Å². The van der Waals surface area contributed by atoms with E-state index in [0.29, 0.717) is 11.1 Å². The molecule has 2 aromatic carbocycles. The number of aliphatic imine (C=N–C) groups is 1. The van der Waals surface area contributed by atoms with Crippen molar-refractivity contribution in [3.8, 4) is 17.2 Å². The number of halogens is 5. The molecule has 0 radical (unpaired) electrons. The van der Waals surface area contributed by atoms with E-state index in [1.54, 1.807) is 6.92 Å². The summed E-state index contributed by atoms with van der Waals surface area (Å²) >= 11 is 6.51. The van der Waals surface area contributed by atoms with Gasteiger partial charge in [-0.05, 0) is 43.7 Å². The van der Waals surface area contributed by atoms with Crippen LogP contribution in [0.5, 0.6) is 0 Å². The van der Waals surface area contributed by atoms with Gasteiger partial charge in [0.2, 0.25) is 0 Å². The minimum absolute atomic E-state index is 0.00325. The number of nitriles is 1. The van der Waals surface area contributed by atoms with Crippen LogP contribution >= 0.6 is 11.6 Å². The van der Waals surface area contributed by atoms with E-state index in [-0.39, 0.29) is 51.8 Å². The SMILES string of the molecule is CN=C(C1=C(N)[C@@H](C)N(C(=O)c2cc(F)cc(-c3c[nH]c(C#N)c3)c2Cl)CC1)c1cc(F)c(F)c(F)c1. The van der Waals surface area contributed by atoms with Gasteiger partial charge in [0.15, 0.2) is 17.5 Å². The zero-order chi connectivity index (χ0) is 27.0. The van der Waals surface area contributed by atoms with Crippen LogP contribution in [0, 0.1) is 34.6 Å². The van der Waals surface area contributed by atoms with Gasteiger partial charge in [-0.2, -0.15) is 5.26 Å². The monoisotopic (exact) mass is 529 g/mol. The van der Waals surface area contributed by atoms with Crippen molar-refractivity contribution in [2.75, 3.05) is 13.6 Å². The van der Waals surface area contributed by atoms with Crippen LogP contribution in [0.25, 0.3) is 11.1 Å². The zero-order valence-electron chi connectivity index (χ0n) is 19.7. The molecule has 1 aromatic heterocycles. The molecule has 1 aliphatic heterocycles. The Morgan fingerprint density at radius 3 is 2.46 bits per heavy atom. The molecule has 0 unspecified atom stereocenters. The minimum atomic E-state index is -1.59. The summed E-state index contributed by atoms with van der Waals surface area (Å²) < 4.78 is 55.7. The van der Waals surface area contributed by atoms with Crippen molar-refractivity contribution in [2.45, 2.75) is 19.4 Å². The number of aromatic amines is 1. The van der Waals surface area contributed by atoms with Crippen molar-refractivity contribution in [3.63, 3.8) is 0 Å². The number of aromatic nitrogens is 1. The molecule has 2 heterocycles. The first-order valence-electron chi connectivity index (χ1n) is 11.1. The summed E-state index contributed by atoms with van der Waals surface area (Å²) in [6, 6.07) is 6.56. The number of nitrogens with zero attached hydrogens (tertiary/aromatic N) is 3. The molecule has 6 nitrogen and oxygen atoms in total. The van der Waals surface area contributed by atoms with E-state index in [1.165, 1.54) is 30.3 Å². The maximum atomic E-state index is 14.5. The van der Waals surface area contributed by atoms with E-state index in [4.69, 9.17) is 22.6 Å². The number of amides is 1. The van der Waals surface area contributed by atoms with E-state index < -0.39 is 35.2 Å². The fourth-order valence-corrected chi connectivity index (χ4v) is 4.68. The molecule has 4 rings (SSSR count). The summed E-state index contributed by atoms with van der Waals surface area (Å²) in [6.45, 7) is 1.76. The van der Waals surface area contributed by atoms with Gasteiger partial charge >= 0.3 is 0 Å². The average molecular weight is 530 g/mol. The highest BCUT2D eigenvalue weighted by Gasteiger charge is 2.33. The van der Waals surface area contributed by atoms with Crippen molar-refractivity contribution in [2.24, 2.45) is 10.7 Å². The lowest BCUT2D eigenvalue weighted by Crippen LogP contribution is -2.46. The Morgan fingerprint density at radius 1 is 1.19 bits per heavy atom. The molecule has 0 fully saturated rings. The third-order valence-electron chi connectivity index (χ3n) is 6.28. The molecule has 3 N–H and O–H groups in total.